The van der Waals surface area contributed by atoms with Crippen molar-refractivity contribution in [2.75, 3.05) is 0 Å². The van der Waals surface area contributed by atoms with Gasteiger partial charge in [0.1, 0.15) is 17.7 Å². The number of benzene rings is 1. The van der Waals surface area contributed by atoms with Crippen LogP contribution in [-0.4, -0.2) is 4.98 Å². The number of aromatic nitrogens is 1. The van der Waals surface area contributed by atoms with E-state index in [0.29, 0.717) is 12.2 Å². The molecule has 4 heteroatoms. The zero-order valence-electron chi connectivity index (χ0n) is 10.6. The van der Waals surface area contributed by atoms with Crippen molar-refractivity contribution in [3.05, 3.63) is 59.2 Å². The van der Waals surface area contributed by atoms with Gasteiger partial charge in [-0.3, -0.25) is 4.98 Å². The fourth-order valence-electron chi connectivity index (χ4n) is 2.35. The van der Waals surface area contributed by atoms with Gasteiger partial charge in [0.05, 0.1) is 0 Å². The number of hydrogen-bond donors (Lipinski definition) is 1. The summed E-state index contributed by atoms with van der Waals surface area (Å²) in [5, 5.41) is 0. The lowest BCUT2D eigenvalue weighted by atomic mass is 9.94. The molecule has 1 aliphatic rings. The monoisotopic (exact) mass is 258 g/mol. The number of fused-ring (bicyclic) bond motifs is 1. The minimum Gasteiger partial charge on any atom is -0.485 e. The van der Waals surface area contributed by atoms with E-state index in [1.807, 2.05) is 19.1 Å². The second-order valence-corrected chi connectivity index (χ2v) is 4.86. The first-order valence-electron chi connectivity index (χ1n) is 6.28. The molecule has 2 aromatic rings. The van der Waals surface area contributed by atoms with Crippen LogP contribution in [0.25, 0.3) is 0 Å². The van der Waals surface area contributed by atoms with E-state index in [1.165, 1.54) is 12.1 Å². The molecular weight excluding hydrogens is 243 g/mol. The van der Waals surface area contributed by atoms with Crippen LogP contribution in [0.5, 0.6) is 5.75 Å². The fraction of sp³-hybridized carbons (Fsp3) is 0.267. The van der Waals surface area contributed by atoms with Crippen molar-refractivity contribution in [2.24, 2.45) is 5.73 Å². The van der Waals surface area contributed by atoms with Crippen LogP contribution in [0.4, 0.5) is 4.39 Å². The van der Waals surface area contributed by atoms with Gasteiger partial charge in [-0.25, -0.2) is 4.39 Å². The van der Waals surface area contributed by atoms with Gasteiger partial charge in [-0.15, -0.1) is 0 Å². The Balaban J connectivity index is 1.93. The summed E-state index contributed by atoms with van der Waals surface area (Å²) in [6.45, 7) is 1.93. The Bertz CT molecular complexity index is 598. The van der Waals surface area contributed by atoms with Gasteiger partial charge in [-0.2, -0.15) is 0 Å². The van der Waals surface area contributed by atoms with Crippen LogP contribution in [0.15, 0.2) is 36.5 Å². The van der Waals surface area contributed by atoms with Crippen LogP contribution in [-0.2, 0) is 0 Å². The zero-order chi connectivity index (χ0) is 13.4. The van der Waals surface area contributed by atoms with Crippen LogP contribution in [0.2, 0.25) is 0 Å². The molecule has 0 radical (unpaired) electrons. The van der Waals surface area contributed by atoms with E-state index in [1.54, 1.807) is 12.3 Å². The third-order valence-corrected chi connectivity index (χ3v) is 3.42. The molecule has 1 aromatic carbocycles. The Kier molecular flexibility index (Phi) is 2.95. The van der Waals surface area contributed by atoms with E-state index in [2.05, 4.69) is 4.98 Å². The predicted molar refractivity (Wildman–Crippen MR) is 70.3 cm³/mol. The lowest BCUT2D eigenvalue weighted by Crippen LogP contribution is -2.24. The molecule has 98 valence electrons. The highest BCUT2D eigenvalue weighted by Gasteiger charge is 2.27. The number of pyridine rings is 1. The van der Waals surface area contributed by atoms with Gasteiger partial charge in [-0.05, 0) is 19.1 Å². The Morgan fingerprint density at radius 1 is 1.32 bits per heavy atom. The van der Waals surface area contributed by atoms with Crippen LogP contribution in [0.3, 0.4) is 0 Å². The molecule has 0 bridgehead atoms. The summed E-state index contributed by atoms with van der Waals surface area (Å²) in [5.41, 5.74) is 8.91. The summed E-state index contributed by atoms with van der Waals surface area (Å²) >= 11 is 0. The Morgan fingerprint density at radius 2 is 2.16 bits per heavy atom. The number of hydrogen-bond acceptors (Lipinski definition) is 3. The molecule has 1 aliphatic heterocycles. The molecule has 0 fully saturated rings. The van der Waals surface area contributed by atoms with Gasteiger partial charge in [0.25, 0.3) is 0 Å². The summed E-state index contributed by atoms with van der Waals surface area (Å²) < 4.78 is 19.1. The summed E-state index contributed by atoms with van der Waals surface area (Å²) in [6.07, 6.45) is 2.29. The summed E-state index contributed by atoms with van der Waals surface area (Å²) in [6, 6.07) is 8.27. The van der Waals surface area contributed by atoms with Gasteiger partial charge in [0, 0.05) is 41.5 Å². The molecule has 1 aromatic heterocycles. The highest BCUT2D eigenvalue weighted by Crippen LogP contribution is 2.39. The Labute approximate surface area is 111 Å². The quantitative estimate of drug-likeness (QED) is 0.855. The lowest BCUT2D eigenvalue weighted by Gasteiger charge is -2.30. The number of rotatable bonds is 1. The third kappa shape index (κ3) is 2.31. The molecule has 0 amide bonds. The Morgan fingerprint density at radius 3 is 2.89 bits per heavy atom. The average Bonchev–Trinajstić information content (AvgIpc) is 2.38. The molecule has 0 saturated heterocycles. The van der Waals surface area contributed by atoms with Gasteiger partial charge < -0.3 is 10.5 Å². The van der Waals surface area contributed by atoms with Crippen molar-refractivity contribution in [1.82, 2.24) is 4.98 Å². The van der Waals surface area contributed by atoms with E-state index < -0.39 is 0 Å². The van der Waals surface area contributed by atoms with E-state index in [0.717, 1.165) is 16.8 Å². The molecule has 2 N–H and O–H groups in total. The smallest absolute Gasteiger partial charge is 0.127 e. The topological polar surface area (TPSA) is 48.1 Å². The zero-order valence-corrected chi connectivity index (χ0v) is 10.6. The maximum absolute atomic E-state index is 13.3. The SMILES string of the molecule is Cc1ccc(C2CC(N)c3ccc(F)cc3O2)cn1. The second kappa shape index (κ2) is 4.63. The molecule has 3 nitrogen and oxygen atoms in total. The van der Waals surface area contributed by atoms with Gasteiger partial charge in [0.15, 0.2) is 0 Å². The predicted octanol–water partition coefficient (Wildman–Crippen LogP) is 3.05. The minimum absolute atomic E-state index is 0.143. The van der Waals surface area contributed by atoms with Gasteiger partial charge >= 0.3 is 0 Å². The van der Waals surface area contributed by atoms with Crippen molar-refractivity contribution >= 4 is 0 Å². The highest BCUT2D eigenvalue weighted by atomic mass is 19.1. The van der Waals surface area contributed by atoms with Crippen molar-refractivity contribution in [3.63, 3.8) is 0 Å². The molecule has 2 unspecified atom stereocenters. The molecule has 0 aliphatic carbocycles. The molecule has 3 rings (SSSR count). The van der Waals surface area contributed by atoms with Crippen LogP contribution < -0.4 is 10.5 Å². The number of nitrogens with zero attached hydrogens (tertiary/aromatic N) is 1. The van der Waals surface area contributed by atoms with Crippen molar-refractivity contribution in [3.8, 4) is 5.75 Å². The average molecular weight is 258 g/mol. The second-order valence-electron chi connectivity index (χ2n) is 4.86. The van der Waals surface area contributed by atoms with Crippen LogP contribution in [0, 0.1) is 12.7 Å². The van der Waals surface area contributed by atoms with E-state index in [-0.39, 0.29) is 18.0 Å². The third-order valence-electron chi connectivity index (χ3n) is 3.42. The largest absolute Gasteiger partial charge is 0.485 e. The maximum Gasteiger partial charge on any atom is 0.127 e. The first-order valence-corrected chi connectivity index (χ1v) is 6.28. The number of aryl methyl sites for hydroxylation is 1. The molecule has 19 heavy (non-hydrogen) atoms. The number of nitrogens with two attached hydrogens (primary N) is 1. The first kappa shape index (κ1) is 12.1. The summed E-state index contributed by atoms with van der Waals surface area (Å²) in [5.74, 6) is 0.220. The van der Waals surface area contributed by atoms with E-state index in [9.17, 15) is 4.39 Å². The summed E-state index contributed by atoms with van der Waals surface area (Å²) in [4.78, 5) is 4.26. The van der Waals surface area contributed by atoms with Crippen LogP contribution in [0.1, 0.15) is 35.4 Å². The minimum atomic E-state index is -0.311. The normalized spacial score (nSPS) is 21.6. The lowest BCUT2D eigenvalue weighted by molar-refractivity contribution is 0.160. The van der Waals surface area contributed by atoms with Crippen molar-refractivity contribution in [2.45, 2.75) is 25.5 Å². The molecule has 0 spiro atoms. The summed E-state index contributed by atoms with van der Waals surface area (Å²) in [7, 11) is 0. The molecular formula is C15H15FN2O. The van der Waals surface area contributed by atoms with Crippen molar-refractivity contribution in [1.29, 1.82) is 0 Å². The van der Waals surface area contributed by atoms with E-state index in [4.69, 9.17) is 10.5 Å². The van der Waals surface area contributed by atoms with Crippen LogP contribution >= 0.6 is 0 Å². The Hall–Kier alpha value is -1.94. The van der Waals surface area contributed by atoms with Crippen molar-refractivity contribution < 1.29 is 9.13 Å². The van der Waals surface area contributed by atoms with Gasteiger partial charge in [0.2, 0.25) is 0 Å². The van der Waals surface area contributed by atoms with Gasteiger partial charge in [-0.1, -0.05) is 12.1 Å². The standard InChI is InChI=1S/C15H15FN2O/c1-9-2-3-10(8-18-9)14-7-13(17)12-5-4-11(16)6-15(12)19-14/h2-6,8,13-14H,7,17H2,1H3. The number of ether oxygens (including phenoxy) is 1. The molecule has 0 saturated carbocycles. The molecule has 2 heterocycles. The highest BCUT2D eigenvalue weighted by molar-refractivity contribution is 5.39. The molecule has 2 atom stereocenters. The van der Waals surface area contributed by atoms with E-state index >= 15 is 0 Å². The first-order chi connectivity index (χ1) is 9.13. The fourth-order valence-corrected chi connectivity index (χ4v) is 2.35. The number of halogens is 1. The maximum atomic E-state index is 13.3.